The summed E-state index contributed by atoms with van der Waals surface area (Å²) in [5.41, 5.74) is 0.680. The summed E-state index contributed by atoms with van der Waals surface area (Å²) in [5, 5.41) is 2.90. The molecule has 0 radical (unpaired) electrons. The van der Waals surface area contributed by atoms with E-state index in [0.717, 1.165) is 18.9 Å². The van der Waals surface area contributed by atoms with Crippen LogP contribution in [0.15, 0.2) is 18.3 Å². The lowest BCUT2D eigenvalue weighted by Crippen LogP contribution is -3.17. The van der Waals surface area contributed by atoms with E-state index in [9.17, 15) is 4.79 Å². The van der Waals surface area contributed by atoms with Crippen molar-refractivity contribution in [1.29, 1.82) is 0 Å². The Bertz CT molecular complexity index is 462. The zero-order valence-corrected chi connectivity index (χ0v) is 13.6. The number of pyridine rings is 1. The third kappa shape index (κ3) is 4.17. The van der Waals surface area contributed by atoms with E-state index < -0.39 is 0 Å². The molecule has 2 heterocycles. The number of amides is 1. The van der Waals surface area contributed by atoms with Gasteiger partial charge in [-0.25, -0.2) is 4.98 Å². The average Bonchev–Trinajstić information content (AvgIpc) is 2.47. The molecule has 0 bridgehead atoms. The Morgan fingerprint density at radius 1 is 1.24 bits per heavy atom. The molecule has 5 heteroatoms. The maximum Gasteiger partial charge on any atom is 0.274 e. The van der Waals surface area contributed by atoms with Crippen molar-refractivity contribution in [3.63, 3.8) is 0 Å². The molecule has 0 saturated carbocycles. The van der Waals surface area contributed by atoms with Gasteiger partial charge in [-0.1, -0.05) is 0 Å². The number of hydrogen-bond acceptors (Lipinski definition) is 2. The number of hydrogen-bond donors (Lipinski definition) is 2. The minimum atomic E-state index is -0.0260. The van der Waals surface area contributed by atoms with E-state index in [2.05, 4.69) is 29.0 Å². The first kappa shape index (κ1) is 15.8. The summed E-state index contributed by atoms with van der Waals surface area (Å²) in [6, 6.07) is 4.75. The van der Waals surface area contributed by atoms with Crippen LogP contribution in [0.4, 0.5) is 5.82 Å². The van der Waals surface area contributed by atoms with Gasteiger partial charge in [-0.2, -0.15) is 0 Å². The molecule has 1 aromatic rings. The van der Waals surface area contributed by atoms with Crippen molar-refractivity contribution in [3.05, 3.63) is 23.9 Å². The number of aromatic amines is 1. The topological polar surface area (TPSA) is 50.9 Å². The second-order valence-corrected chi connectivity index (χ2v) is 6.39. The number of nitrogens with zero attached hydrogens (tertiary/aromatic N) is 1. The highest BCUT2D eigenvalue weighted by Gasteiger charge is 2.27. The summed E-state index contributed by atoms with van der Waals surface area (Å²) in [6.45, 7) is 12.9. The number of anilines is 1. The number of carbonyl (C=O) groups is 1. The van der Waals surface area contributed by atoms with Crippen molar-refractivity contribution in [1.82, 2.24) is 5.32 Å². The van der Waals surface area contributed by atoms with Crippen LogP contribution < -0.4 is 20.1 Å². The van der Waals surface area contributed by atoms with Gasteiger partial charge in [0.1, 0.15) is 32.4 Å². The highest BCUT2D eigenvalue weighted by Crippen LogP contribution is 2.07. The molecule has 1 amide bonds. The summed E-state index contributed by atoms with van der Waals surface area (Å²) >= 11 is 0. The largest absolute Gasteiger partial charge is 0.350 e. The van der Waals surface area contributed by atoms with Gasteiger partial charge in [-0.05, 0) is 33.8 Å². The monoisotopic (exact) mass is 292 g/mol. The van der Waals surface area contributed by atoms with Gasteiger partial charge in [0.05, 0.1) is 11.6 Å². The van der Waals surface area contributed by atoms with Gasteiger partial charge in [0.15, 0.2) is 0 Å². The highest BCUT2D eigenvalue weighted by atomic mass is 16.1. The molecule has 0 atom stereocenters. The number of nitrogens with one attached hydrogen (secondary N) is 3. The van der Waals surface area contributed by atoms with Crippen LogP contribution in [0.3, 0.4) is 0 Å². The number of aromatic nitrogens is 1. The molecule has 2 rings (SSSR count). The molecule has 0 aromatic carbocycles. The predicted molar refractivity (Wildman–Crippen MR) is 83.6 cm³/mol. The van der Waals surface area contributed by atoms with E-state index in [4.69, 9.17) is 0 Å². The van der Waals surface area contributed by atoms with E-state index in [1.807, 2.05) is 26.0 Å². The second-order valence-electron chi connectivity index (χ2n) is 6.39. The Kier molecular flexibility index (Phi) is 5.17. The molecule has 3 N–H and O–H groups in total. The van der Waals surface area contributed by atoms with Gasteiger partial charge in [0.25, 0.3) is 11.7 Å². The molecule has 5 nitrogen and oxygen atoms in total. The minimum Gasteiger partial charge on any atom is -0.350 e. The Labute approximate surface area is 127 Å². The Morgan fingerprint density at radius 2 is 1.90 bits per heavy atom. The fourth-order valence-corrected chi connectivity index (χ4v) is 2.71. The summed E-state index contributed by atoms with van der Waals surface area (Å²) in [6.07, 6.45) is 1.80. The van der Waals surface area contributed by atoms with Crippen molar-refractivity contribution in [2.24, 2.45) is 0 Å². The second kappa shape index (κ2) is 6.89. The van der Waals surface area contributed by atoms with Gasteiger partial charge >= 0.3 is 0 Å². The van der Waals surface area contributed by atoms with Crippen molar-refractivity contribution in [2.45, 2.75) is 39.8 Å². The van der Waals surface area contributed by atoms with Crippen LogP contribution >= 0.6 is 0 Å². The molecule has 0 aliphatic carbocycles. The highest BCUT2D eigenvalue weighted by molar-refractivity contribution is 5.93. The third-order valence-electron chi connectivity index (χ3n) is 4.04. The Hall–Kier alpha value is -1.62. The van der Waals surface area contributed by atoms with Gasteiger partial charge in [-0.15, -0.1) is 0 Å². The average molecular weight is 292 g/mol. The van der Waals surface area contributed by atoms with Crippen molar-refractivity contribution >= 4 is 11.7 Å². The Morgan fingerprint density at radius 3 is 2.38 bits per heavy atom. The standard InChI is InChI=1S/C16H26N4O/c1-12(2)18-16(21)14-5-6-15(17-11-14)20-9-7-19(8-10-20)13(3)4/h5-6,11-13H,7-10H2,1-4H3,(H,18,21)/p+2. The first-order valence-electron chi connectivity index (χ1n) is 7.89. The lowest BCUT2D eigenvalue weighted by molar-refractivity contribution is -0.922. The summed E-state index contributed by atoms with van der Waals surface area (Å²) < 4.78 is 0. The van der Waals surface area contributed by atoms with E-state index in [1.54, 1.807) is 11.1 Å². The van der Waals surface area contributed by atoms with E-state index in [1.165, 1.54) is 13.1 Å². The smallest absolute Gasteiger partial charge is 0.274 e. The molecule has 0 unspecified atom stereocenters. The molecular formula is C16H28N4O+2. The van der Waals surface area contributed by atoms with E-state index in [-0.39, 0.29) is 11.9 Å². The summed E-state index contributed by atoms with van der Waals surface area (Å²) in [7, 11) is 0. The minimum absolute atomic E-state index is 0.0260. The lowest BCUT2D eigenvalue weighted by Gasteiger charge is -2.30. The number of carbonyl (C=O) groups excluding carboxylic acids is 1. The first-order valence-corrected chi connectivity index (χ1v) is 7.89. The summed E-state index contributed by atoms with van der Waals surface area (Å²) in [5.74, 6) is 1.07. The third-order valence-corrected chi connectivity index (χ3v) is 4.04. The first-order chi connectivity index (χ1) is 9.97. The normalized spacial score (nSPS) is 16.6. The zero-order valence-electron chi connectivity index (χ0n) is 13.6. The van der Waals surface area contributed by atoms with Crippen molar-refractivity contribution in [2.75, 3.05) is 31.1 Å². The van der Waals surface area contributed by atoms with Gasteiger partial charge < -0.3 is 10.2 Å². The fourth-order valence-electron chi connectivity index (χ4n) is 2.71. The molecule has 1 aliphatic rings. The van der Waals surface area contributed by atoms with Crippen LogP contribution in [0.1, 0.15) is 38.1 Å². The van der Waals surface area contributed by atoms with E-state index in [0.29, 0.717) is 11.6 Å². The zero-order chi connectivity index (χ0) is 15.4. The molecule has 0 spiro atoms. The fraction of sp³-hybridized carbons (Fsp3) is 0.625. The van der Waals surface area contributed by atoms with Gasteiger partial charge in [-0.3, -0.25) is 9.69 Å². The quantitative estimate of drug-likeness (QED) is 0.804. The molecule has 1 aliphatic heterocycles. The van der Waals surface area contributed by atoms with Crippen molar-refractivity contribution < 1.29 is 14.7 Å². The van der Waals surface area contributed by atoms with Crippen LogP contribution in [0.2, 0.25) is 0 Å². The molecular weight excluding hydrogens is 264 g/mol. The van der Waals surface area contributed by atoms with E-state index >= 15 is 0 Å². The van der Waals surface area contributed by atoms with Crippen LogP contribution in [-0.2, 0) is 0 Å². The van der Waals surface area contributed by atoms with Crippen LogP contribution in [0.25, 0.3) is 0 Å². The van der Waals surface area contributed by atoms with Gasteiger partial charge in [0, 0.05) is 12.1 Å². The maximum atomic E-state index is 11.9. The number of quaternary nitrogens is 1. The number of piperazine rings is 1. The van der Waals surface area contributed by atoms with Crippen LogP contribution in [0.5, 0.6) is 0 Å². The molecule has 1 fully saturated rings. The lowest BCUT2D eigenvalue weighted by atomic mass is 10.2. The molecule has 1 saturated heterocycles. The van der Waals surface area contributed by atoms with Crippen LogP contribution in [-0.4, -0.2) is 44.2 Å². The molecule has 1 aromatic heterocycles. The van der Waals surface area contributed by atoms with Crippen molar-refractivity contribution in [3.8, 4) is 0 Å². The summed E-state index contributed by atoms with van der Waals surface area (Å²) in [4.78, 5) is 19.2. The molecule has 21 heavy (non-hydrogen) atoms. The maximum absolute atomic E-state index is 11.9. The predicted octanol–water partition coefficient (Wildman–Crippen LogP) is -0.248. The Balaban J connectivity index is 1.95. The number of rotatable bonds is 4. The van der Waals surface area contributed by atoms with Gasteiger partial charge in [0.2, 0.25) is 0 Å². The number of H-pyrrole nitrogens is 1. The van der Waals surface area contributed by atoms with Crippen LogP contribution in [0, 0.1) is 0 Å². The SMILES string of the molecule is CC(C)NC(=O)c1ccc(N2CC[NH+](C(C)C)CC2)[nH+]c1. The molecule has 116 valence electrons.